The lowest BCUT2D eigenvalue weighted by Gasteiger charge is -2.20. The van der Waals surface area contributed by atoms with Crippen molar-refractivity contribution in [2.24, 2.45) is 0 Å². The van der Waals surface area contributed by atoms with Gasteiger partial charge in [-0.15, -0.1) is 0 Å². The van der Waals surface area contributed by atoms with E-state index < -0.39 is 15.9 Å². The summed E-state index contributed by atoms with van der Waals surface area (Å²) in [7, 11) is -3.51. The highest BCUT2D eigenvalue weighted by Crippen LogP contribution is 2.34. The molecule has 1 unspecified atom stereocenters. The van der Waals surface area contributed by atoms with Gasteiger partial charge in [-0.2, -0.15) is 5.26 Å². The van der Waals surface area contributed by atoms with Gasteiger partial charge in [0.15, 0.2) is 9.84 Å². The van der Waals surface area contributed by atoms with Crippen molar-refractivity contribution in [3.63, 3.8) is 0 Å². The fourth-order valence-electron chi connectivity index (χ4n) is 3.45. The topological polar surface area (TPSA) is 148 Å². The summed E-state index contributed by atoms with van der Waals surface area (Å²) < 4.78 is 24.9. The molecule has 32 heavy (non-hydrogen) atoms. The van der Waals surface area contributed by atoms with Crippen LogP contribution in [0, 0.1) is 11.3 Å². The number of hydrogen-bond donors (Lipinski definition) is 2. The molecule has 0 fully saturated rings. The Balaban J connectivity index is 1.93. The highest BCUT2D eigenvalue weighted by atomic mass is 32.2. The Morgan fingerprint density at radius 3 is 2.62 bits per heavy atom. The molecule has 1 atom stereocenters. The van der Waals surface area contributed by atoms with Gasteiger partial charge in [-0.1, -0.05) is 18.2 Å². The third-order valence-electron chi connectivity index (χ3n) is 4.96. The zero-order valence-corrected chi connectivity index (χ0v) is 18.1. The molecule has 0 saturated carbocycles. The Bertz CT molecular complexity index is 1480. The molecule has 1 aromatic carbocycles. The monoisotopic (exact) mass is 445 g/mol. The second-order valence-corrected chi connectivity index (χ2v) is 9.18. The summed E-state index contributed by atoms with van der Waals surface area (Å²) in [5, 5.41) is 12.6. The molecule has 0 radical (unpaired) electrons. The summed E-state index contributed by atoms with van der Waals surface area (Å²) in [6, 6.07) is 13.7. The first-order chi connectivity index (χ1) is 15.3. The van der Waals surface area contributed by atoms with Gasteiger partial charge in [0.05, 0.1) is 27.7 Å². The number of nitrogens with one attached hydrogen (secondary N) is 1. The predicted molar refractivity (Wildman–Crippen MR) is 121 cm³/mol. The van der Waals surface area contributed by atoms with Crippen molar-refractivity contribution >= 4 is 32.5 Å². The maximum atomic E-state index is 12.5. The van der Waals surface area contributed by atoms with E-state index in [9.17, 15) is 13.7 Å². The molecule has 0 saturated heterocycles. The molecule has 4 rings (SSSR count). The fourth-order valence-corrected chi connectivity index (χ4v) is 4.34. The van der Waals surface area contributed by atoms with Crippen LogP contribution in [0.5, 0.6) is 0 Å². The fraction of sp³-hybridized carbons (Fsp3) is 0.136. The van der Waals surface area contributed by atoms with Crippen LogP contribution in [0.4, 0.5) is 11.6 Å². The third-order valence-corrected chi connectivity index (χ3v) is 6.12. The first-order valence-electron chi connectivity index (χ1n) is 9.62. The van der Waals surface area contributed by atoms with E-state index >= 15 is 0 Å². The molecule has 4 aromatic rings. The largest absolute Gasteiger partial charge is 0.382 e. The first kappa shape index (κ1) is 21.1. The molecule has 9 nitrogen and oxygen atoms in total. The average Bonchev–Trinajstić information content (AvgIpc) is 2.78. The molecule has 3 aromatic heterocycles. The molecule has 0 aliphatic heterocycles. The predicted octanol–water partition coefficient (Wildman–Crippen LogP) is 3.12. The van der Waals surface area contributed by atoms with Crippen molar-refractivity contribution in [3.8, 4) is 17.3 Å². The highest BCUT2D eigenvalue weighted by Gasteiger charge is 2.22. The number of aromatic nitrogens is 4. The van der Waals surface area contributed by atoms with Gasteiger partial charge in [0.2, 0.25) is 0 Å². The molecule has 3 heterocycles. The first-order valence-corrected chi connectivity index (χ1v) is 11.5. The Labute approximate surface area is 184 Å². The smallest absolute Gasteiger partial charge is 0.176 e. The molecule has 0 aliphatic carbocycles. The zero-order valence-electron chi connectivity index (χ0n) is 17.3. The van der Waals surface area contributed by atoms with Crippen molar-refractivity contribution in [3.05, 3.63) is 66.1 Å². The Morgan fingerprint density at radius 1 is 1.09 bits per heavy atom. The number of hydrogen-bond acceptors (Lipinski definition) is 9. The van der Waals surface area contributed by atoms with Gasteiger partial charge in [-0.25, -0.2) is 23.4 Å². The van der Waals surface area contributed by atoms with Gasteiger partial charge in [-0.05, 0) is 31.2 Å². The van der Waals surface area contributed by atoms with Gasteiger partial charge in [-0.3, -0.25) is 4.98 Å². The van der Waals surface area contributed by atoms with Gasteiger partial charge < -0.3 is 11.1 Å². The number of nitrogens with two attached hydrogens (primary N) is 1. The zero-order chi connectivity index (χ0) is 22.9. The maximum Gasteiger partial charge on any atom is 0.176 e. The van der Waals surface area contributed by atoms with Crippen LogP contribution in [-0.4, -0.2) is 34.6 Å². The summed E-state index contributed by atoms with van der Waals surface area (Å²) in [6.45, 7) is 1.86. The number of sulfone groups is 1. The molecule has 0 amide bonds. The Hall–Kier alpha value is -4.10. The van der Waals surface area contributed by atoms with E-state index in [1.54, 1.807) is 36.5 Å². The van der Waals surface area contributed by atoms with Gasteiger partial charge in [0, 0.05) is 23.6 Å². The molecule has 0 bridgehead atoms. The van der Waals surface area contributed by atoms with Crippen LogP contribution < -0.4 is 11.1 Å². The quantitative estimate of drug-likeness (QED) is 0.472. The summed E-state index contributed by atoms with van der Waals surface area (Å²) in [6.07, 6.45) is 4.10. The lowest BCUT2D eigenvalue weighted by atomic mass is 9.99. The number of anilines is 2. The van der Waals surface area contributed by atoms with Gasteiger partial charge in [0.25, 0.3) is 0 Å². The second-order valence-electron chi connectivity index (χ2n) is 7.20. The molecule has 10 heteroatoms. The molecule has 0 aliphatic rings. The van der Waals surface area contributed by atoms with Crippen LogP contribution in [0.1, 0.15) is 24.1 Å². The van der Waals surface area contributed by atoms with Gasteiger partial charge >= 0.3 is 0 Å². The summed E-state index contributed by atoms with van der Waals surface area (Å²) >= 11 is 0. The van der Waals surface area contributed by atoms with E-state index in [0.29, 0.717) is 27.9 Å². The molecule has 160 valence electrons. The molecule has 3 N–H and O–H groups in total. The van der Waals surface area contributed by atoms with Crippen molar-refractivity contribution in [1.29, 1.82) is 5.26 Å². The SMILES string of the molecule is CC(Nc1ncnc(N)c1C#N)c1cc2ncccc2nc1-c1ccccc1S(C)(=O)=O. The van der Waals surface area contributed by atoms with Crippen molar-refractivity contribution in [2.45, 2.75) is 17.9 Å². The minimum Gasteiger partial charge on any atom is -0.382 e. The second kappa shape index (κ2) is 8.20. The molecule has 0 spiro atoms. The third kappa shape index (κ3) is 3.93. The number of benzene rings is 1. The van der Waals surface area contributed by atoms with E-state index in [1.165, 1.54) is 12.6 Å². The van der Waals surface area contributed by atoms with E-state index in [-0.39, 0.29) is 22.1 Å². The number of rotatable bonds is 5. The Kier molecular flexibility index (Phi) is 5.42. The maximum absolute atomic E-state index is 12.5. The van der Waals surface area contributed by atoms with E-state index in [4.69, 9.17) is 10.7 Å². The normalized spacial score (nSPS) is 12.3. The van der Waals surface area contributed by atoms with Crippen LogP contribution in [0.25, 0.3) is 22.3 Å². The van der Waals surface area contributed by atoms with E-state index in [2.05, 4.69) is 20.3 Å². The van der Waals surface area contributed by atoms with Crippen LogP contribution >= 0.6 is 0 Å². The molecular weight excluding hydrogens is 426 g/mol. The van der Waals surface area contributed by atoms with Crippen molar-refractivity contribution in [2.75, 3.05) is 17.3 Å². The number of nitrogens with zero attached hydrogens (tertiary/aromatic N) is 5. The average molecular weight is 446 g/mol. The summed E-state index contributed by atoms with van der Waals surface area (Å²) in [5.74, 6) is 0.342. The highest BCUT2D eigenvalue weighted by molar-refractivity contribution is 7.90. The standard InChI is InChI=1S/C22H19N7O2S/c1-13(28-22-16(11-23)21(24)26-12-27-22)15-10-18-17(7-5-9-25-18)29-20(15)14-6-3-4-8-19(14)32(2,30)31/h3-10,12-13H,1-2H3,(H3,24,26,27,28). The van der Waals surface area contributed by atoms with Crippen molar-refractivity contribution < 1.29 is 8.42 Å². The number of fused-ring (bicyclic) bond motifs is 1. The van der Waals surface area contributed by atoms with Crippen LogP contribution in [0.15, 0.2) is 59.9 Å². The van der Waals surface area contributed by atoms with Crippen LogP contribution in [0.2, 0.25) is 0 Å². The number of nitrogen functional groups attached to an aromatic ring is 1. The van der Waals surface area contributed by atoms with Crippen LogP contribution in [-0.2, 0) is 9.84 Å². The lowest BCUT2D eigenvalue weighted by Crippen LogP contribution is -2.13. The number of pyridine rings is 2. The Morgan fingerprint density at radius 2 is 1.88 bits per heavy atom. The van der Waals surface area contributed by atoms with Crippen LogP contribution in [0.3, 0.4) is 0 Å². The minimum atomic E-state index is -3.51. The number of nitriles is 1. The van der Waals surface area contributed by atoms with E-state index in [0.717, 1.165) is 0 Å². The summed E-state index contributed by atoms with van der Waals surface area (Å²) in [5.41, 5.74) is 8.88. The lowest BCUT2D eigenvalue weighted by molar-refractivity contribution is 0.602. The van der Waals surface area contributed by atoms with Gasteiger partial charge in [0.1, 0.15) is 29.6 Å². The molecular formula is C22H19N7O2S. The van der Waals surface area contributed by atoms with Crippen molar-refractivity contribution in [1.82, 2.24) is 19.9 Å². The minimum absolute atomic E-state index is 0.0677. The summed E-state index contributed by atoms with van der Waals surface area (Å²) in [4.78, 5) is 17.3. The van der Waals surface area contributed by atoms with E-state index in [1.807, 2.05) is 25.1 Å².